The summed E-state index contributed by atoms with van der Waals surface area (Å²) in [6.45, 7) is 2.63. The highest BCUT2D eigenvalue weighted by atomic mass is 16.5. The van der Waals surface area contributed by atoms with Crippen molar-refractivity contribution in [3.63, 3.8) is 0 Å². The third-order valence-electron chi connectivity index (χ3n) is 4.23. The maximum absolute atomic E-state index is 11.9. The highest BCUT2D eigenvalue weighted by molar-refractivity contribution is 6.14. The number of aromatic nitrogens is 3. The van der Waals surface area contributed by atoms with Crippen LogP contribution in [0, 0.1) is 0 Å². The predicted molar refractivity (Wildman–Crippen MR) is 92.3 cm³/mol. The number of anilines is 1. The molecule has 1 saturated heterocycles. The monoisotopic (exact) mass is 354 g/mol. The Morgan fingerprint density at radius 2 is 2.38 bits per heavy atom. The van der Waals surface area contributed by atoms with Gasteiger partial charge in [0.1, 0.15) is 10.9 Å². The van der Waals surface area contributed by atoms with Gasteiger partial charge in [-0.05, 0) is 17.7 Å². The average molecular weight is 354 g/mol. The third-order valence-corrected chi connectivity index (χ3v) is 4.23. The lowest BCUT2D eigenvalue weighted by atomic mass is 10.2. The first-order valence-corrected chi connectivity index (χ1v) is 8.44. The van der Waals surface area contributed by atoms with Gasteiger partial charge in [-0.3, -0.25) is 10.3 Å². The van der Waals surface area contributed by atoms with E-state index in [9.17, 15) is 9.59 Å². The first kappa shape index (κ1) is 16.1. The molecule has 0 spiro atoms. The van der Waals surface area contributed by atoms with Crippen molar-refractivity contribution in [1.29, 1.82) is 0 Å². The van der Waals surface area contributed by atoms with E-state index in [1.807, 2.05) is 12.1 Å². The summed E-state index contributed by atoms with van der Waals surface area (Å²) in [5.41, 5.74) is 2.02. The molecular weight excluding hydrogens is 336 g/mol. The van der Waals surface area contributed by atoms with Crippen molar-refractivity contribution in [2.45, 2.75) is 19.8 Å². The van der Waals surface area contributed by atoms with Crippen molar-refractivity contribution >= 4 is 45.4 Å². The zero-order chi connectivity index (χ0) is 18.1. The molecule has 0 aliphatic carbocycles. The fourth-order valence-corrected chi connectivity index (χ4v) is 3.09. The summed E-state index contributed by atoms with van der Waals surface area (Å²) in [4.78, 5) is 34.2. The molecule has 2 aromatic heterocycles. The summed E-state index contributed by atoms with van der Waals surface area (Å²) < 4.78 is 6.41. The Morgan fingerprint density at radius 3 is 3.15 bits per heavy atom. The van der Waals surface area contributed by atoms with Crippen molar-refractivity contribution in [2.75, 3.05) is 18.5 Å². The molecule has 0 bridgehead atoms. The molecule has 4 rings (SSSR count). The van der Waals surface area contributed by atoms with Gasteiger partial charge >= 0.3 is 17.8 Å². The van der Waals surface area contributed by atoms with Crippen molar-refractivity contribution in [2.24, 2.45) is 5.11 Å². The van der Waals surface area contributed by atoms with Gasteiger partial charge in [0.05, 0.1) is 18.7 Å². The molecule has 3 N–H and O–H groups in total. The van der Waals surface area contributed by atoms with Crippen LogP contribution in [0.2, 0.25) is 0 Å². The van der Waals surface area contributed by atoms with Crippen molar-refractivity contribution in [1.82, 2.24) is 9.97 Å². The standard InChI is InChI=1S/C17H16N6O3/c1-2-26-17(25)20-11-6-3-5-10-13-15(21-14(10)11)18-9-19-16(13)22-23-8-4-7-12(23)24/h3,5-6,9H,2,4,7-8H2,1H3,(H,18,19,20,22,25)/p+2. The Bertz CT molecular complexity index is 1060. The van der Waals surface area contributed by atoms with Gasteiger partial charge in [0.15, 0.2) is 6.54 Å². The normalized spacial score (nSPS) is 15.9. The smallest absolute Gasteiger partial charge is 0.411 e. The maximum Gasteiger partial charge on any atom is 0.411 e. The molecule has 0 radical (unpaired) electrons. The van der Waals surface area contributed by atoms with Gasteiger partial charge in [-0.15, -0.1) is 0 Å². The second-order valence-electron chi connectivity index (χ2n) is 5.90. The van der Waals surface area contributed by atoms with E-state index in [4.69, 9.17) is 4.74 Å². The van der Waals surface area contributed by atoms with Crippen LogP contribution in [0.5, 0.6) is 0 Å². The minimum absolute atomic E-state index is 0.00251. The third kappa shape index (κ3) is 2.77. The van der Waals surface area contributed by atoms with Gasteiger partial charge in [-0.1, -0.05) is 17.1 Å². The second kappa shape index (κ2) is 6.51. The number of fused-ring (bicyclic) bond motifs is 3. The molecular formula is C17H18N6O3+2. The lowest BCUT2D eigenvalue weighted by molar-refractivity contribution is -0.496. The van der Waals surface area contributed by atoms with E-state index in [2.05, 4.69) is 25.4 Å². The molecule has 26 heavy (non-hydrogen) atoms. The number of carbonyl (C=O) groups is 2. The molecule has 9 heteroatoms. The van der Waals surface area contributed by atoms with Gasteiger partial charge in [0.2, 0.25) is 12.0 Å². The Balaban J connectivity index is 1.86. The molecule has 0 unspecified atom stereocenters. The minimum atomic E-state index is -0.520. The van der Waals surface area contributed by atoms with Crippen LogP contribution in [-0.2, 0) is 9.53 Å². The average Bonchev–Trinajstić information content (AvgIpc) is 3.20. The van der Waals surface area contributed by atoms with Crippen molar-refractivity contribution in [3.05, 3.63) is 24.5 Å². The number of para-hydroxylation sites is 1. The number of nitrogens with zero attached hydrogens (tertiary/aromatic N) is 3. The molecule has 1 fully saturated rings. The van der Waals surface area contributed by atoms with Gasteiger partial charge in [-0.25, -0.2) is 14.6 Å². The lowest BCUT2D eigenvalue weighted by Crippen LogP contribution is -2.13. The number of H-pyrrole nitrogens is 2. The van der Waals surface area contributed by atoms with Gasteiger partial charge in [-0.2, -0.15) is 0 Å². The van der Waals surface area contributed by atoms with Crippen LogP contribution in [0.15, 0.2) is 29.6 Å². The minimum Gasteiger partial charge on any atom is -0.450 e. The van der Waals surface area contributed by atoms with Crippen LogP contribution < -0.4 is 10.3 Å². The van der Waals surface area contributed by atoms with Crippen LogP contribution in [0.4, 0.5) is 16.3 Å². The summed E-state index contributed by atoms with van der Waals surface area (Å²) in [6, 6.07) is 5.52. The molecule has 1 aliphatic heterocycles. The largest absolute Gasteiger partial charge is 0.450 e. The van der Waals surface area contributed by atoms with Gasteiger partial charge in [0.25, 0.3) is 0 Å². The summed E-state index contributed by atoms with van der Waals surface area (Å²) in [5, 5.41) is 8.75. The van der Waals surface area contributed by atoms with Crippen LogP contribution in [0.1, 0.15) is 19.8 Å². The molecule has 3 heterocycles. The quantitative estimate of drug-likeness (QED) is 0.703. The SMILES string of the molecule is CCOC(=O)Nc1cccc2c1[nH]c1[nH+]cnc(N=[N+]3CCCC3=O)c12. The fourth-order valence-electron chi connectivity index (χ4n) is 3.09. The van der Waals surface area contributed by atoms with E-state index < -0.39 is 6.09 Å². The number of rotatable bonds is 3. The molecule has 0 atom stereocenters. The maximum atomic E-state index is 11.9. The Labute approximate surface area is 148 Å². The van der Waals surface area contributed by atoms with E-state index in [1.165, 1.54) is 11.0 Å². The van der Waals surface area contributed by atoms with Gasteiger partial charge < -0.3 is 4.74 Å². The van der Waals surface area contributed by atoms with E-state index in [0.717, 1.165) is 22.7 Å². The second-order valence-corrected chi connectivity index (χ2v) is 5.90. The number of hydrogen-bond donors (Lipinski definition) is 2. The number of aromatic amines is 2. The fraction of sp³-hybridized carbons (Fsp3) is 0.294. The summed E-state index contributed by atoms with van der Waals surface area (Å²) in [6.07, 6.45) is 2.31. The highest BCUT2D eigenvalue weighted by Crippen LogP contribution is 2.33. The molecule has 132 valence electrons. The molecule has 0 saturated carbocycles. The van der Waals surface area contributed by atoms with Crippen molar-refractivity contribution < 1.29 is 24.0 Å². The first-order valence-electron chi connectivity index (χ1n) is 8.44. The highest BCUT2D eigenvalue weighted by Gasteiger charge is 2.29. The van der Waals surface area contributed by atoms with Crippen LogP contribution in [0.3, 0.4) is 0 Å². The summed E-state index contributed by atoms with van der Waals surface area (Å²) >= 11 is 0. The van der Waals surface area contributed by atoms with Gasteiger partial charge in [0, 0.05) is 16.9 Å². The zero-order valence-electron chi connectivity index (χ0n) is 14.2. The number of ether oxygens (including phenoxy) is 1. The Morgan fingerprint density at radius 1 is 1.50 bits per heavy atom. The number of amides is 2. The number of benzene rings is 1. The number of carbonyl (C=O) groups excluding carboxylic acids is 2. The topological polar surface area (TPSA) is 114 Å². The Kier molecular flexibility index (Phi) is 4.04. The number of nitrogens with one attached hydrogen (secondary N) is 3. The van der Waals surface area contributed by atoms with Crippen LogP contribution in [0.25, 0.3) is 21.9 Å². The Hall–Kier alpha value is -3.36. The summed E-state index contributed by atoms with van der Waals surface area (Å²) in [5.74, 6) is 0.450. The molecule has 2 amide bonds. The first-order chi connectivity index (χ1) is 12.7. The molecule has 1 aromatic carbocycles. The zero-order valence-corrected chi connectivity index (χ0v) is 14.2. The van der Waals surface area contributed by atoms with E-state index in [0.29, 0.717) is 36.7 Å². The molecule has 3 aromatic rings. The molecule has 1 aliphatic rings. The van der Waals surface area contributed by atoms with E-state index in [1.54, 1.807) is 13.0 Å². The molecule has 9 nitrogen and oxygen atoms in total. The van der Waals surface area contributed by atoms with Crippen LogP contribution >= 0.6 is 0 Å². The van der Waals surface area contributed by atoms with Crippen molar-refractivity contribution in [3.8, 4) is 0 Å². The van der Waals surface area contributed by atoms with Crippen LogP contribution in [-0.4, -0.2) is 39.8 Å². The summed E-state index contributed by atoms with van der Waals surface area (Å²) in [7, 11) is 0. The van der Waals surface area contributed by atoms with E-state index in [-0.39, 0.29) is 5.91 Å². The van der Waals surface area contributed by atoms with E-state index >= 15 is 0 Å². The lowest BCUT2D eigenvalue weighted by Gasteiger charge is -2.04. The predicted octanol–water partition coefficient (Wildman–Crippen LogP) is 2.52. The number of azo groups is 2. The number of hydrogen-bond acceptors (Lipinski definition) is 5.